The van der Waals surface area contributed by atoms with Crippen molar-refractivity contribution in [2.75, 3.05) is 14.2 Å². The van der Waals surface area contributed by atoms with Gasteiger partial charge in [-0.3, -0.25) is 9.59 Å². The van der Waals surface area contributed by atoms with Crippen LogP contribution in [0.3, 0.4) is 0 Å². The van der Waals surface area contributed by atoms with Crippen molar-refractivity contribution >= 4 is 17.9 Å². The van der Waals surface area contributed by atoms with E-state index in [2.05, 4.69) is 0 Å². The molecule has 6 nitrogen and oxygen atoms in total. The summed E-state index contributed by atoms with van der Waals surface area (Å²) in [5.74, 6) is -1.78. The van der Waals surface area contributed by atoms with Crippen LogP contribution in [0.1, 0.15) is 26.7 Å². The van der Waals surface area contributed by atoms with Crippen molar-refractivity contribution in [2.24, 2.45) is 16.7 Å². The molecule has 3 aliphatic rings. The fourth-order valence-corrected chi connectivity index (χ4v) is 5.08. The zero-order chi connectivity index (χ0) is 15.6. The largest absolute Gasteiger partial charge is 0.469 e. The maximum atomic E-state index is 12.4. The monoisotopic (exact) mass is 294 g/mol. The molecular formula is C15H18O6. The second-order valence-corrected chi connectivity index (χ2v) is 6.21. The summed E-state index contributed by atoms with van der Waals surface area (Å²) in [6.07, 6.45) is 2.36. The van der Waals surface area contributed by atoms with Gasteiger partial charge in [0.15, 0.2) is 0 Å². The van der Waals surface area contributed by atoms with Crippen molar-refractivity contribution in [1.82, 2.24) is 0 Å². The first kappa shape index (κ1) is 14.1. The molecule has 0 aromatic rings. The van der Waals surface area contributed by atoms with Gasteiger partial charge in [-0.15, -0.1) is 0 Å². The topological polar surface area (TPSA) is 78.9 Å². The standard InChI is InChI=1S/C15H18O6/c1-8-7-9(16)21-13(2)10(8)14(11(17)19-3)5-6-15(13,14)12(18)20-4/h7,10H,5-6H2,1-4H3/t10-,13+,14-,15-/m1/s1. The van der Waals surface area contributed by atoms with Crippen molar-refractivity contribution < 1.29 is 28.6 Å². The highest BCUT2D eigenvalue weighted by Crippen LogP contribution is 2.81. The minimum atomic E-state index is -1.14. The molecule has 1 aliphatic heterocycles. The number of hydrogen-bond donors (Lipinski definition) is 0. The number of fused-ring (bicyclic) bond motifs is 4. The molecule has 0 amide bonds. The van der Waals surface area contributed by atoms with Gasteiger partial charge in [0.2, 0.25) is 0 Å². The zero-order valence-electron chi connectivity index (χ0n) is 12.5. The van der Waals surface area contributed by atoms with E-state index in [9.17, 15) is 14.4 Å². The summed E-state index contributed by atoms with van der Waals surface area (Å²) in [5, 5.41) is 0. The second kappa shape index (κ2) is 3.87. The molecule has 114 valence electrons. The van der Waals surface area contributed by atoms with E-state index in [4.69, 9.17) is 14.2 Å². The molecule has 1 heterocycles. The van der Waals surface area contributed by atoms with Crippen LogP contribution in [0.5, 0.6) is 0 Å². The lowest BCUT2D eigenvalue weighted by molar-refractivity contribution is -0.340. The molecule has 0 N–H and O–H groups in total. The van der Waals surface area contributed by atoms with E-state index < -0.39 is 34.3 Å². The predicted octanol–water partition coefficient (Wildman–Crippen LogP) is 0.991. The van der Waals surface area contributed by atoms with Gasteiger partial charge in [0.25, 0.3) is 0 Å². The first-order valence-corrected chi connectivity index (χ1v) is 6.90. The molecule has 0 radical (unpaired) electrons. The molecule has 3 rings (SSSR count). The normalized spacial score (nSPS) is 43.1. The van der Waals surface area contributed by atoms with Crippen molar-refractivity contribution in [1.29, 1.82) is 0 Å². The molecule has 4 atom stereocenters. The van der Waals surface area contributed by atoms with E-state index >= 15 is 0 Å². The Morgan fingerprint density at radius 1 is 1.24 bits per heavy atom. The number of carbonyl (C=O) groups excluding carboxylic acids is 3. The Balaban J connectivity index is 2.20. The average molecular weight is 294 g/mol. The van der Waals surface area contributed by atoms with Crippen LogP contribution in [-0.2, 0) is 28.6 Å². The summed E-state index contributed by atoms with van der Waals surface area (Å²) >= 11 is 0. The number of ether oxygens (including phenoxy) is 3. The van der Waals surface area contributed by atoms with E-state index in [0.717, 1.165) is 5.57 Å². The quantitative estimate of drug-likeness (QED) is 0.558. The number of rotatable bonds is 2. The van der Waals surface area contributed by atoms with E-state index in [1.54, 1.807) is 13.8 Å². The van der Waals surface area contributed by atoms with Gasteiger partial charge >= 0.3 is 17.9 Å². The SMILES string of the molecule is COC(=O)[C@@]12CC[C@]1(C(=O)OC)[C@@H]1C(C)=CC(=O)O[C@@]12C. The highest BCUT2D eigenvalue weighted by atomic mass is 16.6. The fourth-order valence-electron chi connectivity index (χ4n) is 5.08. The molecule has 21 heavy (non-hydrogen) atoms. The van der Waals surface area contributed by atoms with Gasteiger partial charge < -0.3 is 14.2 Å². The zero-order valence-corrected chi connectivity index (χ0v) is 12.5. The Morgan fingerprint density at radius 2 is 1.86 bits per heavy atom. The van der Waals surface area contributed by atoms with Crippen LogP contribution >= 0.6 is 0 Å². The van der Waals surface area contributed by atoms with Crippen molar-refractivity contribution in [3.8, 4) is 0 Å². The summed E-state index contributed by atoms with van der Waals surface area (Å²) in [7, 11) is 2.59. The lowest BCUT2D eigenvalue weighted by Crippen LogP contribution is -2.87. The first-order chi connectivity index (χ1) is 9.81. The molecule has 0 bridgehead atoms. The Hall–Kier alpha value is -1.85. The van der Waals surface area contributed by atoms with Crippen molar-refractivity contribution in [3.63, 3.8) is 0 Å². The molecule has 0 aromatic carbocycles. The van der Waals surface area contributed by atoms with Gasteiger partial charge in [-0.25, -0.2) is 4.79 Å². The first-order valence-electron chi connectivity index (χ1n) is 6.90. The van der Waals surface area contributed by atoms with Crippen molar-refractivity contribution in [3.05, 3.63) is 11.6 Å². The number of hydrogen-bond acceptors (Lipinski definition) is 6. The van der Waals surface area contributed by atoms with Gasteiger partial charge in [0.1, 0.15) is 11.0 Å². The van der Waals surface area contributed by atoms with Gasteiger partial charge in [-0.2, -0.15) is 0 Å². The van der Waals surface area contributed by atoms with Gasteiger partial charge in [-0.1, -0.05) is 5.57 Å². The molecule has 2 aliphatic carbocycles. The lowest BCUT2D eigenvalue weighted by atomic mass is 9.25. The molecule has 2 saturated carbocycles. The van der Waals surface area contributed by atoms with Gasteiger partial charge in [0, 0.05) is 12.0 Å². The highest BCUT2D eigenvalue weighted by molar-refractivity contribution is 5.98. The summed E-state index contributed by atoms with van der Waals surface area (Å²) < 4.78 is 15.4. The average Bonchev–Trinajstić information content (AvgIpc) is 2.40. The maximum absolute atomic E-state index is 12.4. The Labute approximate surface area is 122 Å². The molecule has 0 saturated heterocycles. The number of esters is 3. The van der Waals surface area contributed by atoms with Crippen LogP contribution in [0.4, 0.5) is 0 Å². The lowest BCUT2D eigenvalue weighted by Gasteiger charge is -2.76. The van der Waals surface area contributed by atoms with Crippen LogP contribution in [0.15, 0.2) is 11.6 Å². The summed E-state index contributed by atoms with van der Waals surface area (Å²) in [5.41, 5.74) is -2.43. The van der Waals surface area contributed by atoms with E-state index in [0.29, 0.717) is 12.8 Å². The Bertz CT molecular complexity index is 593. The molecule has 0 spiro atoms. The fraction of sp³-hybridized carbons (Fsp3) is 0.667. The minimum Gasteiger partial charge on any atom is -0.469 e. The van der Waals surface area contributed by atoms with Crippen LogP contribution in [0.2, 0.25) is 0 Å². The van der Waals surface area contributed by atoms with E-state index in [-0.39, 0.29) is 5.92 Å². The van der Waals surface area contributed by atoms with Crippen molar-refractivity contribution in [2.45, 2.75) is 32.3 Å². The minimum absolute atomic E-state index is 0.344. The summed E-state index contributed by atoms with van der Waals surface area (Å²) in [6.45, 7) is 3.50. The maximum Gasteiger partial charge on any atom is 0.331 e. The number of carbonyl (C=O) groups is 3. The molecule has 6 heteroatoms. The van der Waals surface area contributed by atoms with Crippen LogP contribution in [-0.4, -0.2) is 37.7 Å². The second-order valence-electron chi connectivity index (χ2n) is 6.21. The van der Waals surface area contributed by atoms with Crippen LogP contribution in [0, 0.1) is 16.7 Å². The van der Waals surface area contributed by atoms with Gasteiger partial charge in [0.05, 0.1) is 19.6 Å². The van der Waals surface area contributed by atoms with Crippen LogP contribution < -0.4 is 0 Å². The van der Waals surface area contributed by atoms with E-state index in [1.807, 2.05) is 0 Å². The Morgan fingerprint density at radius 3 is 2.33 bits per heavy atom. The summed E-state index contributed by atoms with van der Waals surface area (Å²) in [6, 6.07) is 0. The molecule has 0 unspecified atom stereocenters. The smallest absolute Gasteiger partial charge is 0.331 e. The third-order valence-electron chi connectivity index (χ3n) is 5.74. The van der Waals surface area contributed by atoms with Crippen LogP contribution in [0.25, 0.3) is 0 Å². The Kier molecular flexibility index (Phi) is 2.60. The third kappa shape index (κ3) is 1.15. The molecule has 2 fully saturated rings. The summed E-state index contributed by atoms with van der Waals surface area (Å²) in [4.78, 5) is 36.6. The number of methoxy groups -OCH3 is 2. The predicted molar refractivity (Wildman–Crippen MR) is 69.9 cm³/mol. The van der Waals surface area contributed by atoms with E-state index in [1.165, 1.54) is 20.3 Å². The highest BCUT2D eigenvalue weighted by Gasteiger charge is 2.92. The third-order valence-corrected chi connectivity index (χ3v) is 5.74. The molecule has 0 aromatic heterocycles. The van der Waals surface area contributed by atoms with Gasteiger partial charge in [-0.05, 0) is 26.7 Å². The molecular weight excluding hydrogens is 276 g/mol.